The lowest BCUT2D eigenvalue weighted by atomic mass is 9.80. The predicted molar refractivity (Wildman–Crippen MR) is 63.2 cm³/mol. The lowest BCUT2D eigenvalue weighted by molar-refractivity contribution is 0.262. The molecule has 0 aromatic heterocycles. The van der Waals surface area contributed by atoms with Crippen molar-refractivity contribution in [3.63, 3.8) is 0 Å². The summed E-state index contributed by atoms with van der Waals surface area (Å²) < 4.78 is 0. The van der Waals surface area contributed by atoms with Crippen molar-refractivity contribution in [2.24, 2.45) is 17.1 Å². The Balaban J connectivity index is 2.19. The molecule has 1 aliphatic rings. The van der Waals surface area contributed by atoms with Gasteiger partial charge in [-0.05, 0) is 24.2 Å². The first kappa shape index (κ1) is 12.0. The van der Waals surface area contributed by atoms with E-state index in [2.05, 4.69) is 20.8 Å². The zero-order valence-electron chi connectivity index (χ0n) is 10.2. The fourth-order valence-corrected chi connectivity index (χ4v) is 2.32. The maximum atomic E-state index is 6.17. The van der Waals surface area contributed by atoms with Crippen molar-refractivity contribution in [3.05, 3.63) is 0 Å². The molecule has 1 heteroatoms. The fraction of sp³-hybridized carbons (Fsp3) is 1.00. The van der Waals surface area contributed by atoms with E-state index in [1.165, 1.54) is 44.9 Å². The van der Waals surface area contributed by atoms with Crippen molar-refractivity contribution < 1.29 is 0 Å². The molecule has 1 atom stereocenters. The molecule has 0 heterocycles. The summed E-state index contributed by atoms with van der Waals surface area (Å²) in [5, 5.41) is 0. The zero-order chi connectivity index (χ0) is 10.6. The molecule has 1 fully saturated rings. The van der Waals surface area contributed by atoms with E-state index in [-0.39, 0.29) is 5.41 Å². The Labute approximate surface area is 89.5 Å². The average molecular weight is 197 g/mol. The van der Waals surface area contributed by atoms with Gasteiger partial charge in [0.05, 0.1) is 0 Å². The smallest absolute Gasteiger partial charge is 0.00877 e. The van der Waals surface area contributed by atoms with Crippen molar-refractivity contribution in [2.45, 2.75) is 71.8 Å². The SMILES string of the molecule is CC(C)(C)C(N)CCC1CCCCC1. The second kappa shape index (κ2) is 5.16. The summed E-state index contributed by atoms with van der Waals surface area (Å²) in [6, 6.07) is 0.379. The first-order chi connectivity index (χ1) is 6.50. The van der Waals surface area contributed by atoms with Crippen LogP contribution in [0.1, 0.15) is 65.7 Å². The van der Waals surface area contributed by atoms with E-state index in [9.17, 15) is 0 Å². The van der Waals surface area contributed by atoms with Crippen LogP contribution >= 0.6 is 0 Å². The lowest BCUT2D eigenvalue weighted by Gasteiger charge is -2.29. The second-order valence-electron chi connectivity index (χ2n) is 6.05. The minimum Gasteiger partial charge on any atom is -0.327 e. The molecule has 0 radical (unpaired) electrons. The molecule has 1 nitrogen and oxygen atoms in total. The third-order valence-corrected chi connectivity index (χ3v) is 3.72. The summed E-state index contributed by atoms with van der Waals surface area (Å²) in [5.74, 6) is 0.983. The molecule has 0 bridgehead atoms. The van der Waals surface area contributed by atoms with E-state index >= 15 is 0 Å². The summed E-state index contributed by atoms with van der Waals surface area (Å²) in [6.07, 6.45) is 9.85. The minimum atomic E-state index is 0.286. The molecule has 1 aliphatic carbocycles. The van der Waals surface area contributed by atoms with Crippen LogP contribution in [0.4, 0.5) is 0 Å². The quantitative estimate of drug-likeness (QED) is 0.733. The Morgan fingerprint density at radius 2 is 1.71 bits per heavy atom. The average Bonchev–Trinajstić information content (AvgIpc) is 2.14. The van der Waals surface area contributed by atoms with E-state index < -0.39 is 0 Å². The molecule has 1 rings (SSSR count). The molecule has 0 spiro atoms. The number of hydrogen-bond donors (Lipinski definition) is 1. The lowest BCUT2D eigenvalue weighted by Crippen LogP contribution is -2.35. The van der Waals surface area contributed by atoms with Gasteiger partial charge < -0.3 is 5.73 Å². The molecule has 1 unspecified atom stereocenters. The van der Waals surface area contributed by atoms with Gasteiger partial charge in [0.15, 0.2) is 0 Å². The third kappa shape index (κ3) is 4.00. The van der Waals surface area contributed by atoms with Crippen molar-refractivity contribution in [3.8, 4) is 0 Å². The zero-order valence-corrected chi connectivity index (χ0v) is 10.2. The van der Waals surface area contributed by atoms with Crippen LogP contribution in [-0.4, -0.2) is 6.04 Å². The molecule has 0 aromatic carbocycles. The fourth-order valence-electron chi connectivity index (χ4n) is 2.32. The molecule has 1 saturated carbocycles. The molecule has 0 aromatic rings. The van der Waals surface area contributed by atoms with Crippen molar-refractivity contribution in [1.29, 1.82) is 0 Å². The Morgan fingerprint density at radius 1 is 1.14 bits per heavy atom. The van der Waals surface area contributed by atoms with Crippen LogP contribution in [0.15, 0.2) is 0 Å². The van der Waals surface area contributed by atoms with Crippen molar-refractivity contribution in [1.82, 2.24) is 0 Å². The van der Waals surface area contributed by atoms with Gasteiger partial charge in [-0.2, -0.15) is 0 Å². The normalized spacial score (nSPS) is 22.3. The van der Waals surface area contributed by atoms with Crippen LogP contribution < -0.4 is 5.73 Å². The van der Waals surface area contributed by atoms with Gasteiger partial charge in [0.1, 0.15) is 0 Å². The number of nitrogens with two attached hydrogens (primary N) is 1. The first-order valence-electron chi connectivity index (χ1n) is 6.26. The van der Waals surface area contributed by atoms with Gasteiger partial charge in [0.25, 0.3) is 0 Å². The Bertz CT molecular complexity index is 151. The van der Waals surface area contributed by atoms with Crippen LogP contribution in [0.3, 0.4) is 0 Å². The van der Waals surface area contributed by atoms with Crippen LogP contribution in [0.2, 0.25) is 0 Å². The van der Waals surface area contributed by atoms with Crippen LogP contribution in [0, 0.1) is 11.3 Å². The van der Waals surface area contributed by atoms with Gasteiger partial charge >= 0.3 is 0 Å². The highest BCUT2D eigenvalue weighted by molar-refractivity contribution is 4.78. The molecule has 0 aliphatic heterocycles. The van der Waals surface area contributed by atoms with E-state index in [1.54, 1.807) is 0 Å². The first-order valence-corrected chi connectivity index (χ1v) is 6.26. The van der Waals surface area contributed by atoms with Crippen molar-refractivity contribution >= 4 is 0 Å². The van der Waals surface area contributed by atoms with E-state index in [0.29, 0.717) is 6.04 Å². The largest absolute Gasteiger partial charge is 0.327 e. The maximum absolute atomic E-state index is 6.17. The minimum absolute atomic E-state index is 0.286. The Kier molecular flexibility index (Phi) is 4.43. The summed E-state index contributed by atoms with van der Waals surface area (Å²) in [7, 11) is 0. The Hall–Kier alpha value is -0.0400. The number of hydrogen-bond acceptors (Lipinski definition) is 1. The summed E-state index contributed by atoms with van der Waals surface area (Å²) in [4.78, 5) is 0. The molecular formula is C13H27N. The molecular weight excluding hydrogens is 170 g/mol. The van der Waals surface area contributed by atoms with Crippen molar-refractivity contribution in [2.75, 3.05) is 0 Å². The van der Waals surface area contributed by atoms with Gasteiger partial charge in [-0.3, -0.25) is 0 Å². The van der Waals surface area contributed by atoms with Gasteiger partial charge in [-0.1, -0.05) is 52.9 Å². The Morgan fingerprint density at radius 3 is 2.21 bits per heavy atom. The van der Waals surface area contributed by atoms with E-state index in [0.717, 1.165) is 5.92 Å². The predicted octanol–water partition coefficient (Wildman–Crippen LogP) is 3.72. The highest BCUT2D eigenvalue weighted by atomic mass is 14.7. The highest BCUT2D eigenvalue weighted by Crippen LogP contribution is 2.30. The standard InChI is InChI=1S/C13H27N/c1-13(2,3)12(14)10-9-11-7-5-4-6-8-11/h11-12H,4-10,14H2,1-3H3. The molecule has 2 N–H and O–H groups in total. The monoisotopic (exact) mass is 197 g/mol. The van der Waals surface area contributed by atoms with Crippen LogP contribution in [0.25, 0.3) is 0 Å². The van der Waals surface area contributed by atoms with E-state index in [1.807, 2.05) is 0 Å². The highest BCUT2D eigenvalue weighted by Gasteiger charge is 2.22. The van der Waals surface area contributed by atoms with Gasteiger partial charge in [0, 0.05) is 6.04 Å². The summed E-state index contributed by atoms with van der Waals surface area (Å²) in [5.41, 5.74) is 6.45. The second-order valence-corrected chi connectivity index (χ2v) is 6.05. The van der Waals surface area contributed by atoms with Gasteiger partial charge in [0.2, 0.25) is 0 Å². The molecule has 0 saturated heterocycles. The molecule has 14 heavy (non-hydrogen) atoms. The van der Waals surface area contributed by atoms with Crippen LogP contribution in [-0.2, 0) is 0 Å². The van der Waals surface area contributed by atoms with E-state index in [4.69, 9.17) is 5.73 Å². The number of rotatable bonds is 3. The molecule has 0 amide bonds. The maximum Gasteiger partial charge on any atom is 0.00877 e. The van der Waals surface area contributed by atoms with Gasteiger partial charge in [-0.15, -0.1) is 0 Å². The topological polar surface area (TPSA) is 26.0 Å². The summed E-state index contributed by atoms with van der Waals surface area (Å²) >= 11 is 0. The van der Waals surface area contributed by atoms with Crippen LogP contribution in [0.5, 0.6) is 0 Å². The van der Waals surface area contributed by atoms with Gasteiger partial charge in [-0.25, -0.2) is 0 Å². The summed E-state index contributed by atoms with van der Waals surface area (Å²) in [6.45, 7) is 6.75. The third-order valence-electron chi connectivity index (χ3n) is 3.72. The molecule has 84 valence electrons.